The highest BCUT2D eigenvalue weighted by Gasteiger charge is 2.05. The van der Waals surface area contributed by atoms with Crippen molar-refractivity contribution >= 4 is 39.1 Å². The largest absolute Gasteiger partial charge is 0.507 e. The van der Waals surface area contributed by atoms with Crippen molar-refractivity contribution in [2.75, 3.05) is 5.32 Å². The third-order valence-electron chi connectivity index (χ3n) is 2.98. The monoisotopic (exact) mass is 365 g/mol. The number of rotatable bonds is 3. The van der Waals surface area contributed by atoms with Gasteiger partial charge in [0.2, 0.25) is 0 Å². The van der Waals surface area contributed by atoms with Gasteiger partial charge in [-0.1, -0.05) is 24.3 Å². The lowest BCUT2D eigenvalue weighted by molar-refractivity contribution is 0.481. The molecule has 3 aromatic rings. The Labute approximate surface area is 124 Å². The Hall–Kier alpha value is -1.69. The third kappa shape index (κ3) is 2.53. The van der Waals surface area contributed by atoms with Crippen molar-refractivity contribution in [3.8, 4) is 5.75 Å². The van der Waals surface area contributed by atoms with E-state index in [9.17, 15) is 5.11 Å². The van der Waals surface area contributed by atoms with E-state index >= 15 is 0 Å². The first kappa shape index (κ1) is 12.3. The molecule has 0 amide bonds. The van der Waals surface area contributed by atoms with Gasteiger partial charge in [0.05, 0.1) is 6.54 Å². The molecule has 0 bridgehead atoms. The van der Waals surface area contributed by atoms with Gasteiger partial charge in [-0.3, -0.25) is 0 Å². The Morgan fingerprint density at radius 3 is 2.58 bits per heavy atom. The van der Waals surface area contributed by atoms with Gasteiger partial charge in [0, 0.05) is 16.5 Å². The Morgan fingerprint density at radius 1 is 1.00 bits per heavy atom. The van der Waals surface area contributed by atoms with Gasteiger partial charge in [-0.15, -0.1) is 0 Å². The van der Waals surface area contributed by atoms with Crippen LogP contribution in [0.15, 0.2) is 52.9 Å². The summed E-state index contributed by atoms with van der Waals surface area (Å²) in [5, 5.41) is 15.0. The van der Waals surface area contributed by atoms with Gasteiger partial charge < -0.3 is 14.8 Å². The molecular formula is C15H12INO2. The van der Waals surface area contributed by atoms with Crippen LogP contribution in [-0.4, -0.2) is 5.11 Å². The summed E-state index contributed by atoms with van der Waals surface area (Å²) in [5.74, 6) is 1.19. The predicted molar refractivity (Wildman–Crippen MR) is 84.4 cm³/mol. The quantitative estimate of drug-likeness (QED) is 0.679. The van der Waals surface area contributed by atoms with Crippen LogP contribution in [0.5, 0.6) is 5.75 Å². The maximum Gasteiger partial charge on any atom is 0.164 e. The normalized spacial score (nSPS) is 10.8. The Kier molecular flexibility index (Phi) is 3.33. The number of hydrogen-bond donors (Lipinski definition) is 2. The topological polar surface area (TPSA) is 45.4 Å². The van der Waals surface area contributed by atoms with Crippen LogP contribution >= 0.6 is 22.6 Å². The molecule has 1 aromatic heterocycles. The predicted octanol–water partition coefficient (Wildman–Crippen LogP) is 4.36. The molecule has 0 aliphatic carbocycles. The van der Waals surface area contributed by atoms with Crippen LogP contribution in [0.3, 0.4) is 0 Å². The van der Waals surface area contributed by atoms with Crippen molar-refractivity contribution < 1.29 is 9.52 Å². The second-order valence-corrected chi connectivity index (χ2v) is 5.30. The summed E-state index contributed by atoms with van der Waals surface area (Å²) in [6.45, 7) is 0.623. The molecule has 19 heavy (non-hydrogen) atoms. The zero-order chi connectivity index (χ0) is 13.2. The molecule has 0 saturated heterocycles. The van der Waals surface area contributed by atoms with E-state index in [0.29, 0.717) is 12.3 Å². The van der Waals surface area contributed by atoms with E-state index < -0.39 is 0 Å². The maximum atomic E-state index is 9.84. The highest BCUT2D eigenvalue weighted by Crippen LogP contribution is 2.30. The summed E-state index contributed by atoms with van der Waals surface area (Å²) >= 11 is 2.15. The first-order valence-electron chi connectivity index (χ1n) is 5.93. The summed E-state index contributed by atoms with van der Waals surface area (Å²) in [5.41, 5.74) is 0.986. The number of nitrogens with one attached hydrogen (secondary N) is 1. The van der Waals surface area contributed by atoms with Crippen LogP contribution in [0.25, 0.3) is 10.8 Å². The number of hydrogen-bond acceptors (Lipinski definition) is 3. The molecule has 2 N–H and O–H groups in total. The number of phenols is 1. The van der Waals surface area contributed by atoms with Crippen molar-refractivity contribution in [1.29, 1.82) is 0 Å². The molecular weight excluding hydrogens is 353 g/mol. The maximum absolute atomic E-state index is 9.84. The molecule has 0 aliphatic heterocycles. The number of aromatic hydroxyl groups is 1. The second-order valence-electron chi connectivity index (χ2n) is 4.24. The van der Waals surface area contributed by atoms with E-state index in [1.807, 2.05) is 42.5 Å². The number of benzene rings is 2. The van der Waals surface area contributed by atoms with E-state index in [4.69, 9.17) is 4.42 Å². The van der Waals surface area contributed by atoms with Crippen LogP contribution in [0.1, 0.15) is 5.76 Å². The Morgan fingerprint density at radius 2 is 1.79 bits per heavy atom. The smallest absolute Gasteiger partial charge is 0.164 e. The fourth-order valence-electron chi connectivity index (χ4n) is 2.08. The standard InChI is InChI=1S/C15H12INO2/c16-15-8-7-10(19-15)9-17-13-5-1-4-12-11(13)3-2-6-14(12)18/h1-8,17-18H,9H2. The van der Waals surface area contributed by atoms with Crippen LogP contribution in [0, 0.1) is 3.77 Å². The Balaban J connectivity index is 1.91. The van der Waals surface area contributed by atoms with Gasteiger partial charge in [-0.2, -0.15) is 0 Å². The molecule has 3 nitrogen and oxygen atoms in total. The van der Waals surface area contributed by atoms with Crippen LogP contribution in [0.4, 0.5) is 5.69 Å². The molecule has 0 saturated carbocycles. The number of halogens is 1. The van der Waals surface area contributed by atoms with E-state index in [1.54, 1.807) is 6.07 Å². The van der Waals surface area contributed by atoms with Crippen molar-refractivity contribution in [2.45, 2.75) is 6.54 Å². The number of phenolic OH excluding ortho intramolecular Hbond substituents is 1. The summed E-state index contributed by atoms with van der Waals surface area (Å²) in [6.07, 6.45) is 0. The van der Waals surface area contributed by atoms with Crippen LogP contribution in [-0.2, 0) is 6.54 Å². The number of furan rings is 1. The number of anilines is 1. The first-order chi connectivity index (χ1) is 9.24. The summed E-state index contributed by atoms with van der Waals surface area (Å²) < 4.78 is 6.40. The first-order valence-corrected chi connectivity index (χ1v) is 7.01. The summed E-state index contributed by atoms with van der Waals surface area (Å²) in [6, 6.07) is 15.3. The lowest BCUT2D eigenvalue weighted by Crippen LogP contribution is -1.98. The minimum absolute atomic E-state index is 0.300. The zero-order valence-electron chi connectivity index (χ0n) is 10.1. The van der Waals surface area contributed by atoms with Crippen molar-refractivity contribution in [3.05, 3.63) is 58.1 Å². The molecule has 0 atom stereocenters. The average Bonchev–Trinajstić information content (AvgIpc) is 2.83. The molecule has 0 radical (unpaired) electrons. The lowest BCUT2D eigenvalue weighted by Gasteiger charge is -2.09. The van der Waals surface area contributed by atoms with E-state index in [0.717, 1.165) is 26.0 Å². The molecule has 0 spiro atoms. The second kappa shape index (κ2) is 5.13. The van der Waals surface area contributed by atoms with E-state index in [2.05, 4.69) is 27.9 Å². The van der Waals surface area contributed by atoms with Gasteiger partial charge >= 0.3 is 0 Å². The molecule has 1 heterocycles. The van der Waals surface area contributed by atoms with Gasteiger partial charge in [0.15, 0.2) is 3.77 Å². The van der Waals surface area contributed by atoms with E-state index in [-0.39, 0.29) is 0 Å². The van der Waals surface area contributed by atoms with Crippen LogP contribution in [0.2, 0.25) is 0 Å². The fraction of sp³-hybridized carbons (Fsp3) is 0.0667. The molecule has 4 heteroatoms. The van der Waals surface area contributed by atoms with Crippen LogP contribution < -0.4 is 5.32 Å². The summed E-state index contributed by atoms with van der Waals surface area (Å²) in [4.78, 5) is 0. The molecule has 3 rings (SSSR count). The van der Waals surface area contributed by atoms with Crippen molar-refractivity contribution in [2.24, 2.45) is 0 Å². The van der Waals surface area contributed by atoms with Gasteiger partial charge in [-0.25, -0.2) is 0 Å². The van der Waals surface area contributed by atoms with Gasteiger partial charge in [0.1, 0.15) is 11.5 Å². The van der Waals surface area contributed by atoms with Crippen molar-refractivity contribution in [1.82, 2.24) is 0 Å². The Bertz CT molecular complexity index is 721. The molecule has 0 aliphatic rings. The van der Waals surface area contributed by atoms with E-state index in [1.165, 1.54) is 0 Å². The third-order valence-corrected chi connectivity index (χ3v) is 3.56. The average molecular weight is 365 g/mol. The highest BCUT2D eigenvalue weighted by atomic mass is 127. The fourth-order valence-corrected chi connectivity index (χ4v) is 2.54. The SMILES string of the molecule is Oc1cccc2c(NCc3ccc(I)o3)cccc12. The minimum atomic E-state index is 0.300. The van der Waals surface area contributed by atoms with Gasteiger partial charge in [0.25, 0.3) is 0 Å². The molecule has 96 valence electrons. The molecule has 0 fully saturated rings. The molecule has 2 aromatic carbocycles. The number of fused-ring (bicyclic) bond motifs is 1. The minimum Gasteiger partial charge on any atom is -0.507 e. The summed E-state index contributed by atoms with van der Waals surface area (Å²) in [7, 11) is 0. The highest BCUT2D eigenvalue weighted by molar-refractivity contribution is 14.1. The zero-order valence-corrected chi connectivity index (χ0v) is 12.2. The van der Waals surface area contributed by atoms with Crippen molar-refractivity contribution in [3.63, 3.8) is 0 Å². The molecule has 0 unspecified atom stereocenters. The van der Waals surface area contributed by atoms with Gasteiger partial charge in [-0.05, 0) is 46.9 Å². The lowest BCUT2D eigenvalue weighted by atomic mass is 10.1.